The number of halogens is 1. The molecule has 10 heteroatoms. The van der Waals surface area contributed by atoms with E-state index in [-0.39, 0.29) is 23.9 Å². The number of imide groups is 1. The summed E-state index contributed by atoms with van der Waals surface area (Å²) in [5.41, 5.74) is 2.23. The van der Waals surface area contributed by atoms with Crippen LogP contribution >= 0.6 is 27.7 Å². The fourth-order valence-electron chi connectivity index (χ4n) is 4.47. The molecule has 4 aromatic carbocycles. The molecule has 4 amide bonds. The van der Waals surface area contributed by atoms with E-state index in [2.05, 4.69) is 26.6 Å². The summed E-state index contributed by atoms with van der Waals surface area (Å²) < 4.78 is 6.34. The lowest BCUT2D eigenvalue weighted by Crippen LogP contribution is -2.31. The third kappa shape index (κ3) is 7.64. The number of carbonyl (C=O) groups is 4. The van der Waals surface area contributed by atoms with Crippen molar-refractivity contribution in [1.29, 1.82) is 0 Å². The van der Waals surface area contributed by atoms with E-state index in [1.54, 1.807) is 78.9 Å². The highest BCUT2D eigenvalue weighted by atomic mass is 79.9. The number of benzene rings is 4. The lowest BCUT2D eigenvalue weighted by Gasteiger charge is -2.15. The van der Waals surface area contributed by atoms with Crippen LogP contribution in [0, 0.1) is 0 Å². The van der Waals surface area contributed by atoms with E-state index in [0.717, 1.165) is 14.9 Å². The minimum absolute atomic E-state index is 0.0732. The summed E-state index contributed by atoms with van der Waals surface area (Å²) in [5, 5.41) is 4.99. The Morgan fingerprint density at radius 3 is 2.27 bits per heavy atom. The van der Waals surface area contributed by atoms with Crippen LogP contribution in [0.1, 0.15) is 29.3 Å². The monoisotopic (exact) mass is 669 g/mol. The molecule has 44 heavy (non-hydrogen) atoms. The molecular weight excluding hydrogens is 642 g/mol. The van der Waals surface area contributed by atoms with Crippen LogP contribution in [0.3, 0.4) is 0 Å². The molecule has 0 saturated carbocycles. The number of hydrogen-bond acceptors (Lipinski definition) is 6. The first kappa shape index (κ1) is 30.8. The second kappa shape index (κ2) is 14.2. The van der Waals surface area contributed by atoms with Crippen LogP contribution in [0.25, 0.3) is 6.08 Å². The number of nitrogens with zero attached hydrogens (tertiary/aromatic N) is 1. The fraction of sp³-hybridized carbons (Fsp3) is 0.118. The Hall–Kier alpha value is -4.67. The first-order valence-corrected chi connectivity index (χ1v) is 15.5. The van der Waals surface area contributed by atoms with Crippen LogP contribution < -0.4 is 20.3 Å². The quantitative estimate of drug-likeness (QED) is 0.144. The number of anilines is 2. The Balaban J connectivity index is 1.26. The van der Waals surface area contributed by atoms with E-state index in [9.17, 15) is 19.2 Å². The average Bonchev–Trinajstić information content (AvgIpc) is 3.31. The SMILES string of the molecule is CCOc1ccc(N2C(=O)CC(Sc3ccc(NC(=O)/C(=C/c4ccc(Br)cc4)NC(=O)c4ccccc4)cc3)C2=O)cc1. The third-order valence-electron chi connectivity index (χ3n) is 6.61. The maximum Gasteiger partial charge on any atom is 0.272 e. The number of ether oxygens (including phenoxy) is 1. The molecule has 2 N–H and O–H groups in total. The van der Waals surface area contributed by atoms with Crippen molar-refractivity contribution in [3.8, 4) is 5.75 Å². The highest BCUT2D eigenvalue weighted by Gasteiger charge is 2.40. The highest BCUT2D eigenvalue weighted by molar-refractivity contribution is 9.10. The van der Waals surface area contributed by atoms with Gasteiger partial charge in [-0.2, -0.15) is 0 Å². The Kier molecular flexibility index (Phi) is 9.93. The van der Waals surface area contributed by atoms with E-state index in [1.165, 1.54) is 16.7 Å². The van der Waals surface area contributed by atoms with Gasteiger partial charge in [0, 0.05) is 27.0 Å². The van der Waals surface area contributed by atoms with Crippen LogP contribution in [0.15, 0.2) is 118 Å². The number of hydrogen-bond donors (Lipinski definition) is 2. The molecule has 1 heterocycles. The predicted molar refractivity (Wildman–Crippen MR) is 175 cm³/mol. The van der Waals surface area contributed by atoms with Crippen molar-refractivity contribution in [2.45, 2.75) is 23.5 Å². The minimum atomic E-state index is -0.567. The molecule has 0 radical (unpaired) electrons. The van der Waals surface area contributed by atoms with Gasteiger partial charge >= 0.3 is 0 Å². The zero-order valence-electron chi connectivity index (χ0n) is 23.7. The lowest BCUT2D eigenvalue weighted by molar-refractivity contribution is -0.121. The molecule has 0 aromatic heterocycles. The van der Waals surface area contributed by atoms with Crippen molar-refractivity contribution in [2.24, 2.45) is 0 Å². The van der Waals surface area contributed by atoms with Gasteiger partial charge < -0.3 is 15.4 Å². The third-order valence-corrected chi connectivity index (χ3v) is 8.34. The molecule has 0 spiro atoms. The van der Waals surface area contributed by atoms with E-state index in [0.29, 0.717) is 29.3 Å². The predicted octanol–water partition coefficient (Wildman–Crippen LogP) is 6.68. The second-order valence-electron chi connectivity index (χ2n) is 9.71. The zero-order chi connectivity index (χ0) is 31.1. The molecule has 1 aliphatic heterocycles. The van der Waals surface area contributed by atoms with Crippen LogP contribution in [0.2, 0.25) is 0 Å². The molecule has 222 valence electrons. The van der Waals surface area contributed by atoms with Crippen molar-refractivity contribution in [3.63, 3.8) is 0 Å². The summed E-state index contributed by atoms with van der Waals surface area (Å²) in [6.45, 7) is 2.41. The largest absolute Gasteiger partial charge is 0.494 e. The van der Waals surface area contributed by atoms with E-state index >= 15 is 0 Å². The van der Waals surface area contributed by atoms with Crippen molar-refractivity contribution >= 4 is 68.8 Å². The number of carbonyl (C=O) groups excluding carboxylic acids is 4. The molecule has 1 aliphatic rings. The molecule has 0 aliphatic carbocycles. The van der Waals surface area contributed by atoms with Crippen LogP contribution in [0.4, 0.5) is 11.4 Å². The van der Waals surface area contributed by atoms with Crippen LogP contribution in [-0.4, -0.2) is 35.5 Å². The molecule has 5 rings (SSSR count). The minimum Gasteiger partial charge on any atom is -0.494 e. The van der Waals surface area contributed by atoms with E-state index < -0.39 is 17.1 Å². The average molecular weight is 671 g/mol. The molecule has 1 saturated heterocycles. The van der Waals surface area contributed by atoms with Crippen LogP contribution in [-0.2, 0) is 14.4 Å². The summed E-state index contributed by atoms with van der Waals surface area (Å²) in [5.74, 6) is -0.782. The Morgan fingerprint density at radius 1 is 0.932 bits per heavy atom. The van der Waals surface area contributed by atoms with Gasteiger partial charge in [0.1, 0.15) is 11.4 Å². The summed E-state index contributed by atoms with van der Waals surface area (Å²) in [7, 11) is 0. The lowest BCUT2D eigenvalue weighted by atomic mass is 10.1. The Labute approximate surface area is 267 Å². The van der Waals surface area contributed by atoms with Crippen molar-refractivity contribution < 1.29 is 23.9 Å². The van der Waals surface area contributed by atoms with Gasteiger partial charge in [-0.3, -0.25) is 19.2 Å². The topological polar surface area (TPSA) is 105 Å². The summed E-state index contributed by atoms with van der Waals surface area (Å²) >= 11 is 4.70. The van der Waals surface area contributed by atoms with Gasteiger partial charge in [-0.25, -0.2) is 4.90 Å². The highest BCUT2D eigenvalue weighted by Crippen LogP contribution is 2.35. The molecule has 0 bridgehead atoms. The standard InChI is InChI=1S/C34H28BrN3O5S/c1-2-43-27-16-14-26(15-17-27)38-31(39)21-30(34(38)42)44-28-18-12-25(13-19-28)36-33(41)29(20-22-8-10-24(35)11-9-22)37-32(40)23-6-4-3-5-7-23/h3-20,30H,2,21H2,1H3,(H,36,41)(H,37,40)/b29-20-. The normalized spacial score (nSPS) is 14.8. The maximum atomic E-state index is 13.3. The van der Waals surface area contributed by atoms with Gasteiger partial charge in [0.05, 0.1) is 17.5 Å². The molecule has 4 aromatic rings. The maximum absolute atomic E-state index is 13.3. The number of thioether (sulfide) groups is 1. The number of amides is 4. The van der Waals surface area contributed by atoms with Gasteiger partial charge in [-0.1, -0.05) is 46.3 Å². The van der Waals surface area contributed by atoms with Gasteiger partial charge in [0.25, 0.3) is 11.8 Å². The van der Waals surface area contributed by atoms with Crippen molar-refractivity contribution in [1.82, 2.24) is 5.32 Å². The molecule has 1 atom stereocenters. The fourth-order valence-corrected chi connectivity index (χ4v) is 5.79. The number of nitrogens with one attached hydrogen (secondary N) is 2. The van der Waals surface area contributed by atoms with Gasteiger partial charge in [0.15, 0.2) is 0 Å². The Morgan fingerprint density at radius 2 is 1.61 bits per heavy atom. The van der Waals surface area contributed by atoms with Gasteiger partial charge in [-0.15, -0.1) is 11.8 Å². The molecule has 1 unspecified atom stereocenters. The summed E-state index contributed by atoms with van der Waals surface area (Å²) in [4.78, 5) is 54.0. The number of rotatable bonds is 10. The van der Waals surface area contributed by atoms with E-state index in [4.69, 9.17) is 4.74 Å². The summed E-state index contributed by atoms with van der Waals surface area (Å²) in [6.07, 6.45) is 1.69. The smallest absolute Gasteiger partial charge is 0.272 e. The van der Waals surface area contributed by atoms with E-state index in [1.807, 2.05) is 37.3 Å². The first-order valence-electron chi connectivity index (χ1n) is 13.8. The Bertz CT molecular complexity index is 1690. The molecule has 1 fully saturated rings. The van der Waals surface area contributed by atoms with Crippen LogP contribution in [0.5, 0.6) is 5.75 Å². The van der Waals surface area contributed by atoms with Crippen molar-refractivity contribution in [2.75, 3.05) is 16.8 Å². The molecule has 8 nitrogen and oxygen atoms in total. The molecular formula is C34H28BrN3O5S. The second-order valence-corrected chi connectivity index (χ2v) is 11.9. The summed E-state index contributed by atoms with van der Waals surface area (Å²) in [6, 6.07) is 29.8. The van der Waals surface area contributed by atoms with Gasteiger partial charge in [-0.05, 0) is 91.4 Å². The first-order chi connectivity index (χ1) is 21.3. The zero-order valence-corrected chi connectivity index (χ0v) is 26.1. The van der Waals surface area contributed by atoms with Gasteiger partial charge in [0.2, 0.25) is 11.8 Å². The van der Waals surface area contributed by atoms with Crippen molar-refractivity contribution in [3.05, 3.63) is 124 Å².